The number of aryl methyl sites for hydroxylation is 2. The number of hydrogen-bond acceptors (Lipinski definition) is 1. The van der Waals surface area contributed by atoms with Crippen molar-refractivity contribution in [2.75, 3.05) is 7.11 Å². The zero-order valence-corrected chi connectivity index (χ0v) is 17.5. The summed E-state index contributed by atoms with van der Waals surface area (Å²) < 4.78 is 6.12. The summed E-state index contributed by atoms with van der Waals surface area (Å²) in [7, 11) is 1.85. The van der Waals surface area contributed by atoms with E-state index >= 15 is 0 Å². The van der Waals surface area contributed by atoms with Crippen LogP contribution in [-0.2, 0) is 6.42 Å². The average molecular weight is 363 g/mol. The molecule has 0 saturated heterocycles. The molecule has 2 aromatic carbocycles. The van der Waals surface area contributed by atoms with E-state index in [4.69, 9.17) is 4.74 Å². The lowest BCUT2D eigenvalue weighted by atomic mass is 9.80. The molecule has 0 aliphatic heterocycles. The van der Waals surface area contributed by atoms with Crippen molar-refractivity contribution in [3.8, 4) is 16.9 Å². The van der Waals surface area contributed by atoms with Gasteiger partial charge < -0.3 is 4.74 Å². The Labute approximate surface area is 165 Å². The van der Waals surface area contributed by atoms with Crippen LogP contribution < -0.4 is 4.74 Å². The van der Waals surface area contributed by atoms with Gasteiger partial charge in [-0.05, 0) is 62.6 Å². The molecule has 1 aliphatic carbocycles. The molecule has 144 valence electrons. The van der Waals surface area contributed by atoms with E-state index in [9.17, 15) is 0 Å². The minimum atomic E-state index is 0.473. The number of allylic oxidation sites excluding steroid dienone is 2. The smallest absolute Gasteiger partial charge is 0.131 e. The molecule has 1 atom stereocenters. The molecule has 1 heteroatoms. The van der Waals surface area contributed by atoms with Gasteiger partial charge in [0.15, 0.2) is 0 Å². The monoisotopic (exact) mass is 362 g/mol. The molecule has 1 unspecified atom stereocenters. The fraction of sp³-hybridized carbons (Fsp3) is 0.462. The normalized spacial score (nSPS) is 16.9. The topological polar surface area (TPSA) is 9.23 Å². The summed E-state index contributed by atoms with van der Waals surface area (Å²) in [6, 6.07) is 13.2. The van der Waals surface area contributed by atoms with Crippen molar-refractivity contribution in [2.45, 2.75) is 71.6 Å². The highest BCUT2D eigenvalue weighted by atomic mass is 16.5. The summed E-state index contributed by atoms with van der Waals surface area (Å²) in [5.74, 6) is 1.57. The van der Waals surface area contributed by atoms with Crippen molar-refractivity contribution in [1.82, 2.24) is 0 Å². The minimum absolute atomic E-state index is 0.473. The van der Waals surface area contributed by atoms with E-state index in [1.807, 2.05) is 7.11 Å². The van der Waals surface area contributed by atoms with Crippen LogP contribution in [0.1, 0.15) is 75.0 Å². The Morgan fingerprint density at radius 2 is 1.85 bits per heavy atom. The number of methoxy groups -OCH3 is 1. The van der Waals surface area contributed by atoms with E-state index in [-0.39, 0.29) is 0 Å². The molecule has 0 aromatic heterocycles. The molecular formula is C26H34O. The van der Waals surface area contributed by atoms with E-state index in [1.165, 1.54) is 71.9 Å². The number of hydrogen-bond donors (Lipinski definition) is 0. The van der Waals surface area contributed by atoms with Crippen LogP contribution in [0.2, 0.25) is 0 Å². The Kier molecular flexibility index (Phi) is 6.77. The molecule has 1 nitrogen and oxygen atoms in total. The Bertz CT molecular complexity index is 786. The van der Waals surface area contributed by atoms with Gasteiger partial charge in [0.05, 0.1) is 7.11 Å². The fourth-order valence-electron chi connectivity index (χ4n) is 4.57. The number of ether oxygens (including phenoxy) is 1. The Morgan fingerprint density at radius 1 is 1.07 bits per heavy atom. The molecular weight excluding hydrogens is 328 g/mol. The molecule has 27 heavy (non-hydrogen) atoms. The summed E-state index contributed by atoms with van der Waals surface area (Å²) in [6.45, 7) is 6.81. The van der Waals surface area contributed by atoms with Crippen LogP contribution in [0.15, 0.2) is 48.0 Å². The third kappa shape index (κ3) is 4.46. The molecule has 0 bridgehead atoms. The molecule has 2 aromatic rings. The third-order valence-corrected chi connectivity index (χ3v) is 5.87. The molecule has 0 heterocycles. The molecule has 0 fully saturated rings. The zero-order chi connectivity index (χ0) is 19.2. The van der Waals surface area contributed by atoms with E-state index < -0.39 is 0 Å². The van der Waals surface area contributed by atoms with Crippen LogP contribution in [0.5, 0.6) is 5.75 Å². The van der Waals surface area contributed by atoms with Crippen LogP contribution in [0.25, 0.3) is 11.1 Å². The highest BCUT2D eigenvalue weighted by molar-refractivity contribution is 5.77. The van der Waals surface area contributed by atoms with Gasteiger partial charge in [-0.1, -0.05) is 67.8 Å². The van der Waals surface area contributed by atoms with Gasteiger partial charge in [-0.2, -0.15) is 0 Å². The molecule has 0 radical (unpaired) electrons. The maximum Gasteiger partial charge on any atom is 0.131 e. The van der Waals surface area contributed by atoms with E-state index in [2.05, 4.69) is 63.2 Å². The van der Waals surface area contributed by atoms with Crippen LogP contribution in [0.3, 0.4) is 0 Å². The number of rotatable bonds is 7. The van der Waals surface area contributed by atoms with Crippen molar-refractivity contribution in [2.24, 2.45) is 0 Å². The second kappa shape index (κ2) is 9.26. The number of unbranched alkanes of at least 4 members (excludes halogenated alkanes) is 2. The SMILES string of the molecule is CCCCCc1cc(C)c(C2C=C(C)CCC2)c(OC)c1-c1ccccc1. The summed E-state index contributed by atoms with van der Waals surface area (Å²) in [5.41, 5.74) is 8.32. The van der Waals surface area contributed by atoms with Crippen LogP contribution in [0.4, 0.5) is 0 Å². The van der Waals surface area contributed by atoms with E-state index in [1.54, 1.807) is 0 Å². The first-order valence-corrected chi connectivity index (χ1v) is 10.6. The Balaban J connectivity index is 2.16. The zero-order valence-electron chi connectivity index (χ0n) is 17.5. The van der Waals surface area contributed by atoms with Gasteiger partial charge >= 0.3 is 0 Å². The van der Waals surface area contributed by atoms with Gasteiger partial charge in [0.1, 0.15) is 5.75 Å². The molecule has 0 spiro atoms. The molecule has 0 saturated carbocycles. The standard InChI is InChI=1S/C26H34O/c1-5-6-8-15-23-18-20(3)24(22-16-11-12-19(2)17-22)26(27-4)25(23)21-13-9-7-10-14-21/h7,9-10,13-14,17-18,22H,5-6,8,11-12,15-16H2,1-4H3. The van der Waals surface area contributed by atoms with Crippen molar-refractivity contribution >= 4 is 0 Å². The van der Waals surface area contributed by atoms with Crippen molar-refractivity contribution in [3.63, 3.8) is 0 Å². The summed E-state index contributed by atoms with van der Waals surface area (Å²) in [6.07, 6.45) is 11.1. The first-order chi connectivity index (χ1) is 13.2. The lowest BCUT2D eigenvalue weighted by Gasteiger charge is -2.27. The lowest BCUT2D eigenvalue weighted by molar-refractivity contribution is 0.406. The largest absolute Gasteiger partial charge is 0.496 e. The highest BCUT2D eigenvalue weighted by Gasteiger charge is 2.24. The summed E-state index contributed by atoms with van der Waals surface area (Å²) >= 11 is 0. The Morgan fingerprint density at radius 3 is 2.52 bits per heavy atom. The average Bonchev–Trinajstić information content (AvgIpc) is 2.68. The quantitative estimate of drug-likeness (QED) is 0.363. The fourth-order valence-corrected chi connectivity index (χ4v) is 4.57. The van der Waals surface area contributed by atoms with Gasteiger partial charge in [0.25, 0.3) is 0 Å². The molecule has 0 amide bonds. The minimum Gasteiger partial charge on any atom is -0.496 e. The van der Waals surface area contributed by atoms with E-state index in [0.29, 0.717) is 5.92 Å². The predicted octanol–water partition coefficient (Wildman–Crippen LogP) is 7.62. The van der Waals surface area contributed by atoms with Gasteiger partial charge in [-0.15, -0.1) is 0 Å². The first-order valence-electron chi connectivity index (χ1n) is 10.6. The van der Waals surface area contributed by atoms with Gasteiger partial charge in [-0.25, -0.2) is 0 Å². The maximum atomic E-state index is 6.12. The second-order valence-electron chi connectivity index (χ2n) is 8.01. The van der Waals surface area contributed by atoms with Gasteiger partial charge in [0.2, 0.25) is 0 Å². The lowest BCUT2D eigenvalue weighted by Crippen LogP contribution is -2.09. The molecule has 0 N–H and O–H groups in total. The summed E-state index contributed by atoms with van der Waals surface area (Å²) in [5, 5.41) is 0. The molecule has 3 rings (SSSR count). The van der Waals surface area contributed by atoms with Crippen LogP contribution in [0, 0.1) is 6.92 Å². The Hall–Kier alpha value is -2.02. The first kappa shape index (κ1) is 19.7. The van der Waals surface area contributed by atoms with Gasteiger partial charge in [0, 0.05) is 17.0 Å². The van der Waals surface area contributed by atoms with Crippen molar-refractivity contribution in [1.29, 1.82) is 0 Å². The van der Waals surface area contributed by atoms with Crippen LogP contribution in [-0.4, -0.2) is 7.11 Å². The maximum absolute atomic E-state index is 6.12. The highest BCUT2D eigenvalue weighted by Crippen LogP contribution is 2.45. The van der Waals surface area contributed by atoms with Gasteiger partial charge in [-0.3, -0.25) is 0 Å². The summed E-state index contributed by atoms with van der Waals surface area (Å²) in [4.78, 5) is 0. The van der Waals surface area contributed by atoms with Crippen LogP contribution >= 0.6 is 0 Å². The molecule has 1 aliphatic rings. The van der Waals surface area contributed by atoms with Crippen molar-refractivity contribution in [3.05, 3.63) is 64.7 Å². The predicted molar refractivity (Wildman–Crippen MR) is 117 cm³/mol. The van der Waals surface area contributed by atoms with E-state index in [0.717, 1.165) is 12.2 Å². The third-order valence-electron chi connectivity index (χ3n) is 5.87. The second-order valence-corrected chi connectivity index (χ2v) is 8.01. The number of benzene rings is 2. The van der Waals surface area contributed by atoms with Crippen molar-refractivity contribution < 1.29 is 4.74 Å².